The molecule has 0 aromatic rings. The highest BCUT2D eigenvalue weighted by Crippen LogP contribution is 2.17. The van der Waals surface area contributed by atoms with Crippen LogP contribution in [0.1, 0.15) is 54.4 Å². The van der Waals surface area contributed by atoms with E-state index >= 15 is 0 Å². The fourth-order valence-corrected chi connectivity index (χ4v) is 3.01. The summed E-state index contributed by atoms with van der Waals surface area (Å²) in [7, 11) is 0. The van der Waals surface area contributed by atoms with Crippen LogP contribution in [0, 0.1) is 5.92 Å². The summed E-state index contributed by atoms with van der Waals surface area (Å²) in [5.74, 6) is 1.37. The Morgan fingerprint density at radius 1 is 1.12 bits per heavy atom. The molecule has 0 spiro atoms. The third-order valence-corrected chi connectivity index (χ3v) is 4.25. The molecule has 1 aliphatic rings. The van der Waals surface area contributed by atoms with Crippen LogP contribution in [0.25, 0.3) is 0 Å². The van der Waals surface area contributed by atoms with E-state index in [4.69, 9.17) is 9.73 Å². The highest BCUT2D eigenvalue weighted by Gasteiger charge is 2.24. The summed E-state index contributed by atoms with van der Waals surface area (Å²) in [6.07, 6.45) is 2.19. The van der Waals surface area contributed by atoms with Gasteiger partial charge in [0.25, 0.3) is 0 Å². The molecule has 1 unspecified atom stereocenters. The molecule has 1 aliphatic heterocycles. The lowest BCUT2D eigenvalue weighted by Crippen LogP contribution is -2.44. The smallest absolute Gasteiger partial charge is 0.407 e. The van der Waals surface area contributed by atoms with Gasteiger partial charge in [0.15, 0.2) is 5.96 Å². The van der Waals surface area contributed by atoms with E-state index in [2.05, 4.69) is 41.6 Å². The topological polar surface area (TPSA) is 78.0 Å². The van der Waals surface area contributed by atoms with Crippen molar-refractivity contribution < 1.29 is 9.53 Å². The molecule has 0 bridgehead atoms. The Morgan fingerprint density at radius 3 is 2.27 bits per heavy atom. The van der Waals surface area contributed by atoms with Crippen LogP contribution in [-0.2, 0) is 4.74 Å². The predicted octanol–water partition coefficient (Wildman–Crippen LogP) is 2.19. The number of alkyl carbamates (subject to hydrolysis) is 1. The van der Waals surface area contributed by atoms with Crippen molar-refractivity contribution in [2.24, 2.45) is 10.9 Å². The fourth-order valence-electron chi connectivity index (χ4n) is 3.01. The van der Waals surface area contributed by atoms with Gasteiger partial charge in [-0.05, 0) is 59.5 Å². The summed E-state index contributed by atoms with van der Waals surface area (Å²) in [6.45, 7) is 17.2. The number of amides is 1. The first-order valence-electron chi connectivity index (χ1n) is 9.96. The number of nitrogens with one attached hydrogen (secondary N) is 3. The average molecular weight is 370 g/mol. The Hall–Kier alpha value is -1.50. The third-order valence-electron chi connectivity index (χ3n) is 4.25. The van der Waals surface area contributed by atoms with Crippen LogP contribution in [0.3, 0.4) is 0 Å². The average Bonchev–Trinajstić information content (AvgIpc) is 3.03. The molecule has 7 heteroatoms. The van der Waals surface area contributed by atoms with Crippen molar-refractivity contribution in [3.8, 4) is 0 Å². The molecule has 0 aromatic carbocycles. The number of hydrogen-bond donors (Lipinski definition) is 3. The summed E-state index contributed by atoms with van der Waals surface area (Å²) in [5.41, 5.74) is -0.477. The van der Waals surface area contributed by atoms with Crippen LogP contribution < -0.4 is 16.0 Å². The van der Waals surface area contributed by atoms with E-state index in [1.807, 2.05) is 20.8 Å². The summed E-state index contributed by atoms with van der Waals surface area (Å²) in [6, 6.07) is 0.479. The molecule has 0 saturated carbocycles. The minimum absolute atomic E-state index is 0.393. The summed E-state index contributed by atoms with van der Waals surface area (Å²) in [5, 5.41) is 9.29. The lowest BCUT2D eigenvalue weighted by atomic mass is 10.0. The van der Waals surface area contributed by atoms with Gasteiger partial charge in [-0.3, -0.25) is 9.89 Å². The standard InChI is InChI=1S/C19H39N5O2/c1-7-20-17(21-10-11-22-18(25)26-19(4,5)6)23-14-16(15(2)3)24-12-8-9-13-24/h15-16H,7-14H2,1-6H3,(H,22,25)(H2,20,21,23). The third kappa shape index (κ3) is 9.27. The van der Waals surface area contributed by atoms with E-state index in [0.29, 0.717) is 25.0 Å². The minimum atomic E-state index is -0.477. The molecule has 26 heavy (non-hydrogen) atoms. The van der Waals surface area contributed by atoms with Crippen molar-refractivity contribution in [3.05, 3.63) is 0 Å². The molecule has 1 saturated heterocycles. The highest BCUT2D eigenvalue weighted by atomic mass is 16.6. The molecule has 1 atom stereocenters. The monoisotopic (exact) mass is 369 g/mol. The van der Waals surface area contributed by atoms with Crippen molar-refractivity contribution in [1.29, 1.82) is 0 Å². The first-order chi connectivity index (χ1) is 12.2. The van der Waals surface area contributed by atoms with Crippen LogP contribution in [0.4, 0.5) is 4.79 Å². The summed E-state index contributed by atoms with van der Waals surface area (Å²) >= 11 is 0. The largest absolute Gasteiger partial charge is 0.444 e. The zero-order valence-corrected chi connectivity index (χ0v) is 17.5. The van der Waals surface area contributed by atoms with E-state index in [9.17, 15) is 4.79 Å². The molecule has 3 N–H and O–H groups in total. The first-order valence-corrected chi connectivity index (χ1v) is 9.96. The van der Waals surface area contributed by atoms with Gasteiger partial charge in [0.2, 0.25) is 0 Å². The van der Waals surface area contributed by atoms with Gasteiger partial charge in [0.1, 0.15) is 5.60 Å². The van der Waals surface area contributed by atoms with Gasteiger partial charge in [0.05, 0.1) is 6.54 Å². The number of ether oxygens (including phenoxy) is 1. The van der Waals surface area contributed by atoms with Crippen LogP contribution in [0.15, 0.2) is 4.99 Å². The van der Waals surface area contributed by atoms with Crippen LogP contribution in [-0.4, -0.2) is 67.9 Å². The van der Waals surface area contributed by atoms with Gasteiger partial charge >= 0.3 is 6.09 Å². The molecule has 1 fully saturated rings. The number of carbonyl (C=O) groups excluding carboxylic acids is 1. The number of aliphatic imine (C=N–C) groups is 1. The lowest BCUT2D eigenvalue weighted by molar-refractivity contribution is 0.0529. The van der Waals surface area contributed by atoms with Crippen molar-refractivity contribution in [2.45, 2.75) is 66.0 Å². The number of guanidine groups is 1. The molecule has 0 radical (unpaired) electrons. The van der Waals surface area contributed by atoms with Gasteiger partial charge in [-0.25, -0.2) is 4.79 Å². The second-order valence-corrected chi connectivity index (χ2v) is 8.13. The number of hydrogen-bond acceptors (Lipinski definition) is 4. The fraction of sp³-hybridized carbons (Fsp3) is 0.895. The molecule has 0 aromatic heterocycles. The van der Waals surface area contributed by atoms with Crippen molar-refractivity contribution in [1.82, 2.24) is 20.9 Å². The molecular weight excluding hydrogens is 330 g/mol. The second-order valence-electron chi connectivity index (χ2n) is 8.13. The van der Waals surface area contributed by atoms with Gasteiger partial charge in [-0.1, -0.05) is 13.8 Å². The van der Waals surface area contributed by atoms with E-state index in [0.717, 1.165) is 19.0 Å². The maximum atomic E-state index is 11.7. The Bertz CT molecular complexity index is 440. The molecule has 1 heterocycles. The molecule has 1 rings (SSSR count). The lowest BCUT2D eigenvalue weighted by Gasteiger charge is -2.29. The zero-order chi connectivity index (χ0) is 19.6. The second kappa shape index (κ2) is 11.3. The maximum Gasteiger partial charge on any atom is 0.407 e. The van der Waals surface area contributed by atoms with Gasteiger partial charge < -0.3 is 20.7 Å². The van der Waals surface area contributed by atoms with Crippen LogP contribution >= 0.6 is 0 Å². The van der Waals surface area contributed by atoms with E-state index in [1.165, 1.54) is 25.9 Å². The molecule has 152 valence electrons. The molecular formula is C19H39N5O2. The van der Waals surface area contributed by atoms with Crippen LogP contribution in [0.2, 0.25) is 0 Å². The first kappa shape index (κ1) is 22.5. The van der Waals surface area contributed by atoms with Gasteiger partial charge in [0, 0.05) is 25.7 Å². The number of rotatable bonds is 8. The maximum absolute atomic E-state index is 11.7. The Labute approximate surface area is 159 Å². The van der Waals surface area contributed by atoms with Gasteiger partial charge in [-0.15, -0.1) is 0 Å². The SMILES string of the molecule is CCNC(=NCC(C(C)C)N1CCCC1)NCCNC(=O)OC(C)(C)C. The zero-order valence-electron chi connectivity index (χ0n) is 17.5. The van der Waals surface area contributed by atoms with E-state index in [1.54, 1.807) is 0 Å². The van der Waals surface area contributed by atoms with Crippen molar-refractivity contribution >= 4 is 12.1 Å². The summed E-state index contributed by atoms with van der Waals surface area (Å²) in [4.78, 5) is 19.0. The predicted molar refractivity (Wildman–Crippen MR) is 108 cm³/mol. The Kier molecular flexibility index (Phi) is 9.76. The summed E-state index contributed by atoms with van der Waals surface area (Å²) < 4.78 is 5.23. The Morgan fingerprint density at radius 2 is 1.73 bits per heavy atom. The molecule has 7 nitrogen and oxygen atoms in total. The normalized spacial score (nSPS) is 17.3. The quantitative estimate of drug-likeness (QED) is 0.347. The van der Waals surface area contributed by atoms with Crippen molar-refractivity contribution in [3.63, 3.8) is 0 Å². The van der Waals surface area contributed by atoms with Crippen molar-refractivity contribution in [2.75, 3.05) is 39.3 Å². The highest BCUT2D eigenvalue weighted by molar-refractivity contribution is 5.79. The van der Waals surface area contributed by atoms with E-state index in [-0.39, 0.29) is 0 Å². The number of carbonyl (C=O) groups is 1. The Balaban J connectivity index is 2.43. The molecule has 1 amide bonds. The van der Waals surface area contributed by atoms with Crippen LogP contribution in [0.5, 0.6) is 0 Å². The number of nitrogens with zero attached hydrogens (tertiary/aromatic N) is 2. The number of likely N-dealkylation sites (tertiary alicyclic amines) is 1. The van der Waals surface area contributed by atoms with Gasteiger partial charge in [-0.2, -0.15) is 0 Å². The minimum Gasteiger partial charge on any atom is -0.444 e. The van der Waals surface area contributed by atoms with E-state index < -0.39 is 11.7 Å². The molecule has 0 aliphatic carbocycles.